The fraction of sp³-hybridized carbons (Fsp3) is 0.286. The Balaban J connectivity index is 2.83. The van der Waals surface area contributed by atoms with E-state index in [1.165, 1.54) is 0 Å². The lowest BCUT2D eigenvalue weighted by molar-refractivity contribution is 0.318. The van der Waals surface area contributed by atoms with Gasteiger partial charge >= 0.3 is 0 Å². The first kappa shape index (κ1) is 9.12. The number of ether oxygens (including phenoxy) is 1. The normalized spacial score (nSPS) is 9.64. The molecule has 0 aliphatic rings. The molecule has 0 amide bonds. The minimum Gasteiger partial charge on any atom is -0.477 e. The van der Waals surface area contributed by atoms with E-state index >= 15 is 0 Å². The molecule has 0 aliphatic carbocycles. The Morgan fingerprint density at radius 3 is 3.18 bits per heavy atom. The number of pyridine rings is 1. The van der Waals surface area contributed by atoms with Crippen molar-refractivity contribution in [2.24, 2.45) is 0 Å². The van der Waals surface area contributed by atoms with Crippen molar-refractivity contribution in [3.63, 3.8) is 0 Å². The summed E-state index contributed by atoms with van der Waals surface area (Å²) in [7, 11) is 1.62. The van der Waals surface area contributed by atoms with E-state index in [9.17, 15) is 0 Å². The molecule has 0 aromatic carbocycles. The van der Waals surface area contributed by atoms with Gasteiger partial charge in [0.15, 0.2) is 0 Å². The molecule has 1 aromatic rings. The maximum Gasteiger partial charge on any atom is 0.228 e. The first-order valence-corrected chi connectivity index (χ1v) is 6.60. The molecule has 1 rings (SSSR count). The zero-order valence-corrected chi connectivity index (χ0v) is 9.05. The second-order valence-corrected chi connectivity index (χ2v) is 3.73. The van der Waals surface area contributed by atoms with E-state index in [4.69, 9.17) is 4.74 Å². The number of hydrogen-bond acceptors (Lipinski definition) is 3. The first-order chi connectivity index (χ1) is 5.38. The summed E-state index contributed by atoms with van der Waals surface area (Å²) < 4.78 is 5.29. The van der Waals surface area contributed by atoms with Crippen LogP contribution in [0.3, 0.4) is 0 Å². The van der Waals surface area contributed by atoms with E-state index in [0.29, 0.717) is 6.61 Å². The third-order valence-corrected chi connectivity index (χ3v) is 3.00. The van der Waals surface area contributed by atoms with Crippen molar-refractivity contribution in [1.82, 2.24) is 4.98 Å². The predicted octanol–water partition coefficient (Wildman–Crippen LogP) is 2.92. The van der Waals surface area contributed by atoms with Crippen LogP contribution in [-0.4, -0.2) is 11.6 Å². The van der Waals surface area contributed by atoms with Gasteiger partial charge < -0.3 is 4.74 Å². The van der Waals surface area contributed by atoms with E-state index in [1.807, 2.05) is 19.1 Å². The highest BCUT2D eigenvalue weighted by Crippen LogP contribution is 2.31. The van der Waals surface area contributed by atoms with E-state index in [-0.39, 0.29) is 0 Å². The van der Waals surface area contributed by atoms with Crippen molar-refractivity contribution in [3.05, 3.63) is 18.3 Å². The molecular weight excluding hydrogens is 273 g/mol. The molecule has 0 radical (unpaired) electrons. The van der Waals surface area contributed by atoms with Crippen LogP contribution in [0.5, 0.6) is 5.88 Å². The van der Waals surface area contributed by atoms with E-state index in [1.54, 1.807) is 15.1 Å². The molecule has 2 nitrogen and oxygen atoms in total. The Kier molecular flexibility index (Phi) is 3.99. The number of nitrogens with zero attached hydrogens (tertiary/aromatic N) is 1. The highest BCUT2D eigenvalue weighted by atomic mass is 127. The van der Waals surface area contributed by atoms with Crippen LogP contribution in [0, 0.1) is 0 Å². The van der Waals surface area contributed by atoms with Crippen LogP contribution in [0.1, 0.15) is 6.92 Å². The molecule has 0 saturated heterocycles. The van der Waals surface area contributed by atoms with Crippen molar-refractivity contribution in [2.75, 3.05) is 6.61 Å². The molecule has 0 bridgehead atoms. The molecule has 1 heterocycles. The van der Waals surface area contributed by atoms with Crippen molar-refractivity contribution < 1.29 is 4.74 Å². The lowest BCUT2D eigenvalue weighted by Gasteiger charge is -2.03. The van der Waals surface area contributed by atoms with Gasteiger partial charge in [0.2, 0.25) is 5.88 Å². The number of hydrogen-bond donors (Lipinski definition) is 0. The van der Waals surface area contributed by atoms with Gasteiger partial charge in [0.25, 0.3) is 0 Å². The zero-order chi connectivity index (χ0) is 8.10. The Bertz CT molecular complexity index is 231. The van der Waals surface area contributed by atoms with Crippen molar-refractivity contribution in [1.29, 1.82) is 0 Å². The minimum atomic E-state index is 0.668. The van der Waals surface area contributed by atoms with Gasteiger partial charge in [-0.1, -0.05) is 0 Å². The first-order valence-electron chi connectivity index (χ1n) is 3.25. The third kappa shape index (κ3) is 2.52. The summed E-state index contributed by atoms with van der Waals surface area (Å²) in [4.78, 5) is 5.17. The molecule has 60 valence electrons. The van der Waals surface area contributed by atoms with Crippen LogP contribution in [0.25, 0.3) is 0 Å². The molecule has 0 N–H and O–H groups in total. The molecular formula is C7H8INOS. The Labute approximate surface area is 82.3 Å². The molecule has 4 heteroatoms. The minimum absolute atomic E-state index is 0.668. The van der Waals surface area contributed by atoms with Gasteiger partial charge in [-0.15, -0.1) is 0 Å². The summed E-state index contributed by atoms with van der Waals surface area (Å²) in [5, 5.41) is 0. The average molecular weight is 281 g/mol. The summed E-state index contributed by atoms with van der Waals surface area (Å²) in [5.41, 5.74) is 0. The van der Waals surface area contributed by atoms with Crippen LogP contribution in [-0.2, 0) is 0 Å². The number of halogens is 1. The molecule has 0 unspecified atom stereocenters. The maximum atomic E-state index is 5.29. The van der Waals surface area contributed by atoms with Gasteiger partial charge in [0.05, 0.1) is 11.5 Å². The molecule has 0 atom stereocenters. The van der Waals surface area contributed by atoms with Gasteiger partial charge in [0.1, 0.15) is 0 Å². The van der Waals surface area contributed by atoms with Crippen LogP contribution in [0.2, 0.25) is 0 Å². The second kappa shape index (κ2) is 4.82. The zero-order valence-electron chi connectivity index (χ0n) is 6.08. The van der Waals surface area contributed by atoms with Gasteiger partial charge in [-0.3, -0.25) is 0 Å². The van der Waals surface area contributed by atoms with Crippen LogP contribution in [0.4, 0.5) is 0 Å². The highest BCUT2D eigenvalue weighted by Gasteiger charge is 2.01. The predicted molar refractivity (Wildman–Crippen MR) is 55.3 cm³/mol. The molecule has 0 spiro atoms. The lowest BCUT2D eigenvalue weighted by atomic mass is 10.5. The fourth-order valence-electron chi connectivity index (χ4n) is 0.680. The Morgan fingerprint density at radius 1 is 1.73 bits per heavy atom. The maximum absolute atomic E-state index is 5.29. The lowest BCUT2D eigenvalue weighted by Crippen LogP contribution is -1.94. The molecule has 0 fully saturated rings. The standard InChI is InChI=1S/C7H8INOS/c1-2-10-7-6(11-8)4-3-5-9-7/h3-5H,2H2,1H3. The topological polar surface area (TPSA) is 22.1 Å². The molecule has 0 aliphatic heterocycles. The number of rotatable bonds is 3. The molecule has 0 saturated carbocycles. The van der Waals surface area contributed by atoms with Gasteiger partial charge in [-0.05, 0) is 28.0 Å². The third-order valence-electron chi connectivity index (χ3n) is 1.10. The monoisotopic (exact) mass is 281 g/mol. The SMILES string of the molecule is CCOc1ncccc1SI. The Morgan fingerprint density at radius 2 is 2.55 bits per heavy atom. The van der Waals surface area contributed by atoms with Crippen molar-refractivity contribution >= 4 is 30.1 Å². The van der Waals surface area contributed by atoms with Crippen LogP contribution in [0.15, 0.2) is 23.2 Å². The largest absolute Gasteiger partial charge is 0.477 e. The fourth-order valence-corrected chi connectivity index (χ4v) is 1.99. The number of aromatic nitrogens is 1. The van der Waals surface area contributed by atoms with Crippen LogP contribution >= 0.6 is 30.1 Å². The highest BCUT2D eigenvalue weighted by molar-refractivity contribution is 14.2. The summed E-state index contributed by atoms with van der Waals surface area (Å²) in [6, 6.07) is 3.90. The van der Waals surface area contributed by atoms with Gasteiger partial charge in [0, 0.05) is 27.4 Å². The van der Waals surface area contributed by atoms with Gasteiger partial charge in [-0.25, -0.2) is 4.98 Å². The summed E-state index contributed by atoms with van der Waals surface area (Å²) in [5.74, 6) is 0.731. The smallest absolute Gasteiger partial charge is 0.228 e. The molecule has 11 heavy (non-hydrogen) atoms. The Hall–Kier alpha value is 0.0300. The summed E-state index contributed by atoms with van der Waals surface area (Å²) in [6.45, 7) is 2.62. The van der Waals surface area contributed by atoms with Crippen molar-refractivity contribution in [3.8, 4) is 5.88 Å². The van der Waals surface area contributed by atoms with Gasteiger partial charge in [-0.2, -0.15) is 0 Å². The van der Waals surface area contributed by atoms with Crippen LogP contribution < -0.4 is 4.74 Å². The second-order valence-electron chi connectivity index (χ2n) is 1.82. The van der Waals surface area contributed by atoms with E-state index < -0.39 is 0 Å². The summed E-state index contributed by atoms with van der Waals surface area (Å²) in [6.07, 6.45) is 1.74. The average Bonchev–Trinajstić information content (AvgIpc) is 2.06. The molecule has 1 aromatic heterocycles. The summed E-state index contributed by atoms with van der Waals surface area (Å²) >= 11 is 2.22. The van der Waals surface area contributed by atoms with Crippen molar-refractivity contribution in [2.45, 2.75) is 11.8 Å². The van der Waals surface area contributed by atoms with E-state index in [2.05, 4.69) is 26.2 Å². The quantitative estimate of drug-likeness (QED) is 0.795. The van der Waals surface area contributed by atoms with E-state index in [0.717, 1.165) is 10.8 Å².